The summed E-state index contributed by atoms with van der Waals surface area (Å²) >= 11 is 0. The molecule has 12 heavy (non-hydrogen) atoms. The van der Waals surface area contributed by atoms with E-state index in [1.165, 1.54) is 19.3 Å². The van der Waals surface area contributed by atoms with Crippen LogP contribution in [0.2, 0.25) is 0 Å². The van der Waals surface area contributed by atoms with Crippen LogP contribution < -0.4 is 0 Å². The van der Waals surface area contributed by atoms with Crippen molar-refractivity contribution in [3.8, 4) is 0 Å². The van der Waals surface area contributed by atoms with E-state index in [-0.39, 0.29) is 5.92 Å². The fourth-order valence-electron chi connectivity index (χ4n) is 2.54. The highest BCUT2D eigenvalue weighted by Crippen LogP contribution is 2.52. The maximum Gasteiger partial charge on any atom is 0.306 e. The highest BCUT2D eigenvalue weighted by atomic mass is 16.4. The number of carboxylic acids is 1. The molecule has 0 spiro atoms. The lowest BCUT2D eigenvalue weighted by molar-refractivity contribution is -0.143. The second-order valence-corrected chi connectivity index (χ2v) is 4.46. The molecule has 2 rings (SSSR count). The fraction of sp³-hybridized carbons (Fsp3) is 0.900. The lowest BCUT2D eigenvalue weighted by Crippen LogP contribution is -2.23. The Bertz CT molecular complexity index is 200. The van der Waals surface area contributed by atoms with E-state index in [2.05, 4.69) is 0 Å². The molecule has 2 fully saturated rings. The molecule has 68 valence electrons. The second kappa shape index (κ2) is 2.75. The number of aliphatic carboxylic acids is 1. The molecular weight excluding hydrogens is 152 g/mol. The molecule has 0 aliphatic heterocycles. The van der Waals surface area contributed by atoms with Gasteiger partial charge in [0.15, 0.2) is 0 Å². The van der Waals surface area contributed by atoms with Crippen LogP contribution in [0, 0.1) is 23.7 Å². The third-order valence-corrected chi connectivity index (χ3v) is 3.68. The van der Waals surface area contributed by atoms with E-state index in [9.17, 15) is 4.79 Å². The molecule has 0 saturated heterocycles. The van der Waals surface area contributed by atoms with Crippen molar-refractivity contribution < 1.29 is 9.90 Å². The fourth-order valence-corrected chi connectivity index (χ4v) is 2.54. The molecule has 0 aromatic carbocycles. The van der Waals surface area contributed by atoms with E-state index in [1.807, 2.05) is 6.92 Å². The second-order valence-electron chi connectivity index (χ2n) is 4.46. The van der Waals surface area contributed by atoms with Crippen molar-refractivity contribution in [1.82, 2.24) is 0 Å². The quantitative estimate of drug-likeness (QED) is 0.686. The van der Waals surface area contributed by atoms with Crippen LogP contribution >= 0.6 is 0 Å². The van der Waals surface area contributed by atoms with Crippen molar-refractivity contribution in [2.24, 2.45) is 23.7 Å². The highest BCUT2D eigenvalue weighted by molar-refractivity contribution is 5.69. The number of carboxylic acid groups (broad SMARTS) is 1. The Morgan fingerprint density at radius 3 is 2.67 bits per heavy atom. The minimum atomic E-state index is -0.612. The molecule has 0 amide bonds. The zero-order valence-electron chi connectivity index (χ0n) is 7.49. The van der Waals surface area contributed by atoms with Crippen LogP contribution in [0.15, 0.2) is 0 Å². The van der Waals surface area contributed by atoms with Gasteiger partial charge in [-0.2, -0.15) is 0 Å². The molecule has 2 heteroatoms. The SMILES string of the molecule is CC(C(=O)O)C1CCC2CC2C1. The Hall–Kier alpha value is -0.530. The van der Waals surface area contributed by atoms with Crippen molar-refractivity contribution in [2.45, 2.75) is 32.6 Å². The summed E-state index contributed by atoms with van der Waals surface area (Å²) in [6.07, 6.45) is 4.99. The zero-order chi connectivity index (χ0) is 8.72. The van der Waals surface area contributed by atoms with E-state index < -0.39 is 5.97 Å². The Morgan fingerprint density at radius 1 is 1.33 bits per heavy atom. The Labute approximate surface area is 73.0 Å². The maximum absolute atomic E-state index is 10.7. The van der Waals surface area contributed by atoms with Gasteiger partial charge in [-0.15, -0.1) is 0 Å². The van der Waals surface area contributed by atoms with E-state index in [4.69, 9.17) is 5.11 Å². The first-order valence-corrected chi connectivity index (χ1v) is 4.91. The molecule has 0 heterocycles. The van der Waals surface area contributed by atoms with Crippen molar-refractivity contribution in [3.05, 3.63) is 0 Å². The van der Waals surface area contributed by atoms with Crippen LogP contribution in [0.25, 0.3) is 0 Å². The number of carbonyl (C=O) groups is 1. The molecular formula is C10H16O2. The maximum atomic E-state index is 10.7. The van der Waals surface area contributed by atoms with Crippen LogP contribution in [0.1, 0.15) is 32.6 Å². The first-order chi connectivity index (χ1) is 5.68. The molecule has 1 N–H and O–H groups in total. The van der Waals surface area contributed by atoms with E-state index in [1.54, 1.807) is 0 Å². The highest BCUT2D eigenvalue weighted by Gasteiger charge is 2.44. The summed E-state index contributed by atoms with van der Waals surface area (Å²) in [6.45, 7) is 1.86. The number of fused-ring (bicyclic) bond motifs is 1. The van der Waals surface area contributed by atoms with Gasteiger partial charge in [-0.05, 0) is 43.4 Å². The monoisotopic (exact) mass is 168 g/mol. The molecule has 2 aliphatic carbocycles. The van der Waals surface area contributed by atoms with Gasteiger partial charge in [-0.3, -0.25) is 4.79 Å². The normalized spacial score (nSPS) is 41.6. The van der Waals surface area contributed by atoms with Gasteiger partial charge in [0.25, 0.3) is 0 Å². The zero-order valence-corrected chi connectivity index (χ0v) is 7.49. The standard InChI is InChI=1S/C10H16O2/c1-6(10(11)12)7-2-3-8-5-9(8)4-7/h6-9H,2-5H2,1H3,(H,11,12). The largest absolute Gasteiger partial charge is 0.481 e. The summed E-state index contributed by atoms with van der Waals surface area (Å²) in [5, 5.41) is 8.83. The Kier molecular flexibility index (Phi) is 1.85. The van der Waals surface area contributed by atoms with Crippen molar-refractivity contribution in [2.75, 3.05) is 0 Å². The summed E-state index contributed by atoms with van der Waals surface area (Å²) in [5.74, 6) is 1.60. The van der Waals surface area contributed by atoms with Gasteiger partial charge in [0.2, 0.25) is 0 Å². The van der Waals surface area contributed by atoms with E-state index >= 15 is 0 Å². The van der Waals surface area contributed by atoms with Crippen LogP contribution in [0.3, 0.4) is 0 Å². The minimum absolute atomic E-state index is 0.119. The van der Waals surface area contributed by atoms with Gasteiger partial charge in [-0.25, -0.2) is 0 Å². The Morgan fingerprint density at radius 2 is 2.08 bits per heavy atom. The minimum Gasteiger partial charge on any atom is -0.481 e. The molecule has 4 atom stereocenters. The lowest BCUT2D eigenvalue weighted by Gasteiger charge is -2.24. The predicted molar refractivity (Wildman–Crippen MR) is 45.7 cm³/mol. The smallest absolute Gasteiger partial charge is 0.306 e. The van der Waals surface area contributed by atoms with E-state index in [0.717, 1.165) is 18.3 Å². The Balaban J connectivity index is 1.91. The lowest BCUT2D eigenvalue weighted by atomic mass is 9.81. The third-order valence-electron chi connectivity index (χ3n) is 3.68. The van der Waals surface area contributed by atoms with Crippen LogP contribution in [-0.4, -0.2) is 11.1 Å². The van der Waals surface area contributed by atoms with Crippen molar-refractivity contribution in [3.63, 3.8) is 0 Å². The van der Waals surface area contributed by atoms with Crippen molar-refractivity contribution >= 4 is 5.97 Å². The molecule has 2 nitrogen and oxygen atoms in total. The first kappa shape index (κ1) is 8.09. The molecule has 4 unspecified atom stereocenters. The van der Waals surface area contributed by atoms with Crippen LogP contribution in [-0.2, 0) is 4.79 Å². The summed E-state index contributed by atoms with van der Waals surface area (Å²) in [4.78, 5) is 10.7. The van der Waals surface area contributed by atoms with E-state index in [0.29, 0.717) is 5.92 Å². The van der Waals surface area contributed by atoms with Crippen LogP contribution in [0.4, 0.5) is 0 Å². The summed E-state index contributed by atoms with van der Waals surface area (Å²) in [6, 6.07) is 0. The summed E-state index contributed by atoms with van der Waals surface area (Å²) in [7, 11) is 0. The topological polar surface area (TPSA) is 37.3 Å². The van der Waals surface area contributed by atoms with Crippen molar-refractivity contribution in [1.29, 1.82) is 0 Å². The van der Waals surface area contributed by atoms with Gasteiger partial charge in [-0.1, -0.05) is 6.92 Å². The predicted octanol–water partition coefficient (Wildman–Crippen LogP) is 2.14. The number of rotatable bonds is 2. The average molecular weight is 168 g/mol. The summed E-state index contributed by atoms with van der Waals surface area (Å²) in [5.41, 5.74) is 0. The molecule has 2 saturated carbocycles. The molecule has 0 aromatic rings. The number of hydrogen-bond acceptors (Lipinski definition) is 1. The average Bonchev–Trinajstić information content (AvgIpc) is 2.79. The molecule has 2 aliphatic rings. The van der Waals surface area contributed by atoms with Gasteiger partial charge >= 0.3 is 5.97 Å². The number of hydrogen-bond donors (Lipinski definition) is 1. The third kappa shape index (κ3) is 1.35. The van der Waals surface area contributed by atoms with Gasteiger partial charge < -0.3 is 5.11 Å². The molecule has 0 radical (unpaired) electrons. The molecule has 0 aromatic heterocycles. The summed E-state index contributed by atoms with van der Waals surface area (Å²) < 4.78 is 0. The van der Waals surface area contributed by atoms with Gasteiger partial charge in [0, 0.05) is 0 Å². The van der Waals surface area contributed by atoms with Crippen LogP contribution in [0.5, 0.6) is 0 Å². The van der Waals surface area contributed by atoms with Gasteiger partial charge in [0.1, 0.15) is 0 Å². The first-order valence-electron chi connectivity index (χ1n) is 4.91. The molecule has 0 bridgehead atoms. The van der Waals surface area contributed by atoms with Gasteiger partial charge in [0.05, 0.1) is 5.92 Å².